The second-order valence-corrected chi connectivity index (χ2v) is 5.38. The van der Waals surface area contributed by atoms with Gasteiger partial charge in [0.05, 0.1) is 0 Å². The third-order valence-corrected chi connectivity index (χ3v) is 3.75. The number of likely N-dealkylation sites (N-methyl/N-ethyl adjacent to an activating group) is 1. The van der Waals surface area contributed by atoms with Crippen LogP contribution in [0.1, 0.15) is 31.4 Å². The summed E-state index contributed by atoms with van der Waals surface area (Å²) in [4.78, 5) is 0. The van der Waals surface area contributed by atoms with Gasteiger partial charge in [-0.1, -0.05) is 62.4 Å². The van der Waals surface area contributed by atoms with Gasteiger partial charge in [-0.05, 0) is 36.6 Å². The minimum absolute atomic E-state index is 0.474. The van der Waals surface area contributed by atoms with Crippen LogP contribution in [-0.2, 0) is 6.42 Å². The molecular formula is C19H26N2. The summed E-state index contributed by atoms with van der Waals surface area (Å²) in [7, 11) is 0. The van der Waals surface area contributed by atoms with E-state index in [2.05, 4.69) is 79.1 Å². The number of hydrogen-bond donors (Lipinski definition) is 2. The van der Waals surface area contributed by atoms with Gasteiger partial charge in [0.25, 0.3) is 0 Å². The van der Waals surface area contributed by atoms with Crippen molar-refractivity contribution in [2.24, 2.45) is 0 Å². The van der Waals surface area contributed by atoms with Crippen LogP contribution in [0.4, 0.5) is 5.69 Å². The molecule has 0 bridgehead atoms. The topological polar surface area (TPSA) is 24.1 Å². The second kappa shape index (κ2) is 8.48. The summed E-state index contributed by atoms with van der Waals surface area (Å²) in [6, 6.07) is 19.8. The first-order valence-corrected chi connectivity index (χ1v) is 7.92. The second-order valence-electron chi connectivity index (χ2n) is 5.38. The number of anilines is 1. The van der Waals surface area contributed by atoms with Crippen LogP contribution in [0, 0.1) is 0 Å². The Bertz CT molecular complexity index is 522. The highest BCUT2D eigenvalue weighted by molar-refractivity contribution is 5.53. The highest BCUT2D eigenvalue weighted by Gasteiger charge is 2.08. The highest BCUT2D eigenvalue weighted by Crippen LogP contribution is 2.20. The van der Waals surface area contributed by atoms with Crippen LogP contribution in [0.5, 0.6) is 0 Å². The van der Waals surface area contributed by atoms with Crippen molar-refractivity contribution in [3.63, 3.8) is 0 Å². The molecule has 1 atom stereocenters. The van der Waals surface area contributed by atoms with Gasteiger partial charge in [0, 0.05) is 18.3 Å². The molecule has 2 aromatic carbocycles. The molecule has 0 aliphatic rings. The molecule has 0 amide bonds. The van der Waals surface area contributed by atoms with E-state index in [1.807, 2.05) is 0 Å². The Hall–Kier alpha value is -1.80. The van der Waals surface area contributed by atoms with Crippen LogP contribution in [0.3, 0.4) is 0 Å². The average Bonchev–Trinajstić information content (AvgIpc) is 2.54. The molecule has 1 unspecified atom stereocenters. The molecule has 112 valence electrons. The molecule has 0 saturated carbocycles. The molecule has 0 saturated heterocycles. The number of hydrogen-bond acceptors (Lipinski definition) is 2. The zero-order valence-corrected chi connectivity index (χ0v) is 13.1. The SMILES string of the molecule is CCNCC(CC)Nc1ccccc1Cc1ccccc1. The van der Waals surface area contributed by atoms with E-state index in [-0.39, 0.29) is 0 Å². The summed E-state index contributed by atoms with van der Waals surface area (Å²) in [5.74, 6) is 0. The quantitative estimate of drug-likeness (QED) is 0.762. The van der Waals surface area contributed by atoms with E-state index in [0.29, 0.717) is 6.04 Å². The van der Waals surface area contributed by atoms with E-state index in [1.165, 1.54) is 16.8 Å². The summed E-state index contributed by atoms with van der Waals surface area (Å²) in [6.45, 7) is 6.40. The maximum absolute atomic E-state index is 3.69. The van der Waals surface area contributed by atoms with E-state index in [0.717, 1.165) is 25.9 Å². The standard InChI is InChI=1S/C19H26N2/c1-3-18(15-20-4-2)21-19-13-9-8-12-17(19)14-16-10-6-5-7-11-16/h5-13,18,20-21H,3-4,14-15H2,1-2H3. The van der Waals surface area contributed by atoms with E-state index in [4.69, 9.17) is 0 Å². The van der Waals surface area contributed by atoms with E-state index >= 15 is 0 Å². The first-order chi connectivity index (χ1) is 10.3. The fourth-order valence-electron chi connectivity index (χ4n) is 2.47. The Balaban J connectivity index is 2.09. The predicted octanol–water partition coefficient (Wildman–Crippen LogP) is 4.08. The van der Waals surface area contributed by atoms with Crippen LogP contribution < -0.4 is 10.6 Å². The summed E-state index contributed by atoms with van der Waals surface area (Å²) in [5, 5.41) is 7.12. The molecule has 2 aromatic rings. The lowest BCUT2D eigenvalue weighted by Gasteiger charge is -2.21. The lowest BCUT2D eigenvalue weighted by molar-refractivity contribution is 0.605. The molecule has 2 N–H and O–H groups in total. The molecule has 0 aromatic heterocycles. The van der Waals surface area contributed by atoms with Crippen LogP contribution in [0.25, 0.3) is 0 Å². The Labute approximate surface area is 128 Å². The molecule has 0 radical (unpaired) electrons. The highest BCUT2D eigenvalue weighted by atomic mass is 15.0. The minimum atomic E-state index is 0.474. The largest absolute Gasteiger partial charge is 0.381 e. The average molecular weight is 282 g/mol. The third-order valence-electron chi connectivity index (χ3n) is 3.75. The van der Waals surface area contributed by atoms with Gasteiger partial charge in [-0.3, -0.25) is 0 Å². The molecule has 0 fully saturated rings. The first kappa shape index (κ1) is 15.6. The zero-order chi connectivity index (χ0) is 14.9. The van der Waals surface area contributed by atoms with Crippen molar-refractivity contribution in [2.75, 3.05) is 18.4 Å². The number of nitrogens with one attached hydrogen (secondary N) is 2. The van der Waals surface area contributed by atoms with Gasteiger partial charge in [0.1, 0.15) is 0 Å². The van der Waals surface area contributed by atoms with Gasteiger partial charge in [-0.25, -0.2) is 0 Å². The first-order valence-electron chi connectivity index (χ1n) is 7.92. The Morgan fingerprint density at radius 2 is 1.62 bits per heavy atom. The van der Waals surface area contributed by atoms with Crippen molar-refractivity contribution in [3.8, 4) is 0 Å². The van der Waals surface area contributed by atoms with Crippen molar-refractivity contribution in [3.05, 3.63) is 65.7 Å². The molecule has 0 heterocycles. The fourth-order valence-corrected chi connectivity index (χ4v) is 2.47. The van der Waals surface area contributed by atoms with Crippen LogP contribution in [0.15, 0.2) is 54.6 Å². The van der Waals surface area contributed by atoms with E-state index in [9.17, 15) is 0 Å². The van der Waals surface area contributed by atoms with Gasteiger partial charge in [0.2, 0.25) is 0 Å². The number of rotatable bonds is 8. The van der Waals surface area contributed by atoms with Crippen molar-refractivity contribution < 1.29 is 0 Å². The molecule has 21 heavy (non-hydrogen) atoms. The fraction of sp³-hybridized carbons (Fsp3) is 0.368. The van der Waals surface area contributed by atoms with Crippen LogP contribution in [0.2, 0.25) is 0 Å². The summed E-state index contributed by atoms with van der Waals surface area (Å²) in [5.41, 5.74) is 3.97. The Kier molecular flexibility index (Phi) is 6.29. The molecular weight excluding hydrogens is 256 g/mol. The van der Waals surface area contributed by atoms with Gasteiger partial charge >= 0.3 is 0 Å². The summed E-state index contributed by atoms with van der Waals surface area (Å²) < 4.78 is 0. The lowest BCUT2D eigenvalue weighted by atomic mass is 10.0. The third kappa shape index (κ3) is 4.91. The summed E-state index contributed by atoms with van der Waals surface area (Å²) >= 11 is 0. The molecule has 0 spiro atoms. The number of benzene rings is 2. The minimum Gasteiger partial charge on any atom is -0.381 e. The van der Waals surface area contributed by atoms with Gasteiger partial charge in [-0.2, -0.15) is 0 Å². The van der Waals surface area contributed by atoms with Crippen molar-refractivity contribution in [2.45, 2.75) is 32.7 Å². The van der Waals surface area contributed by atoms with Crippen molar-refractivity contribution >= 4 is 5.69 Å². The van der Waals surface area contributed by atoms with Crippen LogP contribution in [-0.4, -0.2) is 19.1 Å². The van der Waals surface area contributed by atoms with Gasteiger partial charge < -0.3 is 10.6 Å². The summed E-state index contributed by atoms with van der Waals surface area (Å²) in [6.07, 6.45) is 2.09. The smallest absolute Gasteiger partial charge is 0.0383 e. The molecule has 0 aliphatic heterocycles. The maximum Gasteiger partial charge on any atom is 0.0383 e. The molecule has 0 aliphatic carbocycles. The lowest BCUT2D eigenvalue weighted by Crippen LogP contribution is -2.32. The normalized spacial score (nSPS) is 12.1. The van der Waals surface area contributed by atoms with Gasteiger partial charge in [-0.15, -0.1) is 0 Å². The van der Waals surface area contributed by atoms with E-state index in [1.54, 1.807) is 0 Å². The van der Waals surface area contributed by atoms with Crippen molar-refractivity contribution in [1.29, 1.82) is 0 Å². The maximum atomic E-state index is 3.69. The van der Waals surface area contributed by atoms with Crippen molar-refractivity contribution in [1.82, 2.24) is 5.32 Å². The monoisotopic (exact) mass is 282 g/mol. The molecule has 2 rings (SSSR count). The Morgan fingerprint density at radius 1 is 0.905 bits per heavy atom. The number of para-hydroxylation sites is 1. The zero-order valence-electron chi connectivity index (χ0n) is 13.1. The molecule has 2 nitrogen and oxygen atoms in total. The predicted molar refractivity (Wildman–Crippen MR) is 91.9 cm³/mol. The van der Waals surface area contributed by atoms with Gasteiger partial charge in [0.15, 0.2) is 0 Å². The van der Waals surface area contributed by atoms with Crippen LogP contribution >= 0.6 is 0 Å². The molecule has 2 heteroatoms. The Morgan fingerprint density at radius 3 is 2.33 bits per heavy atom. The van der Waals surface area contributed by atoms with E-state index < -0.39 is 0 Å².